The average molecular weight is 323 g/mol. The van der Waals surface area contributed by atoms with Crippen LogP contribution in [0.15, 0.2) is 4.99 Å². The molecular formula is C17H34N6. The molecule has 0 unspecified atom stereocenters. The molecule has 23 heavy (non-hydrogen) atoms. The summed E-state index contributed by atoms with van der Waals surface area (Å²) in [6, 6.07) is 0. The average Bonchev–Trinajstić information content (AvgIpc) is 2.86. The largest absolute Gasteiger partial charge is 0.357 e. The molecule has 6 heteroatoms. The van der Waals surface area contributed by atoms with Crippen molar-refractivity contribution < 1.29 is 0 Å². The van der Waals surface area contributed by atoms with Crippen LogP contribution in [0.1, 0.15) is 70.4 Å². The summed E-state index contributed by atoms with van der Waals surface area (Å²) < 4.78 is 1.98. The Morgan fingerprint density at radius 3 is 2.30 bits per heavy atom. The molecule has 6 nitrogen and oxygen atoms in total. The molecule has 0 bridgehead atoms. The van der Waals surface area contributed by atoms with Gasteiger partial charge in [-0.3, -0.25) is 0 Å². The summed E-state index contributed by atoms with van der Waals surface area (Å²) in [5, 5.41) is 14.9. The second-order valence-corrected chi connectivity index (χ2v) is 5.97. The number of hydrogen-bond donors (Lipinski definition) is 2. The van der Waals surface area contributed by atoms with Gasteiger partial charge in [-0.25, -0.2) is 4.99 Å². The Bertz CT molecular complexity index is 452. The van der Waals surface area contributed by atoms with Gasteiger partial charge in [-0.05, 0) is 20.3 Å². The van der Waals surface area contributed by atoms with E-state index in [1.807, 2.05) is 18.5 Å². The van der Waals surface area contributed by atoms with Crippen LogP contribution in [0.5, 0.6) is 0 Å². The molecule has 0 saturated heterocycles. The van der Waals surface area contributed by atoms with Gasteiger partial charge in [-0.1, -0.05) is 45.4 Å². The lowest BCUT2D eigenvalue weighted by molar-refractivity contribution is 0.583. The summed E-state index contributed by atoms with van der Waals surface area (Å²) in [6.07, 6.45) is 9.26. The van der Waals surface area contributed by atoms with E-state index in [-0.39, 0.29) is 0 Å². The van der Waals surface area contributed by atoms with Crippen LogP contribution < -0.4 is 10.6 Å². The van der Waals surface area contributed by atoms with E-state index in [9.17, 15) is 0 Å². The van der Waals surface area contributed by atoms with Crippen LogP contribution >= 0.6 is 0 Å². The molecule has 0 amide bonds. The van der Waals surface area contributed by atoms with Gasteiger partial charge in [0.05, 0.1) is 0 Å². The van der Waals surface area contributed by atoms with Crippen molar-refractivity contribution in [3.63, 3.8) is 0 Å². The fraction of sp³-hybridized carbons (Fsp3) is 0.824. The maximum absolute atomic E-state index is 4.59. The minimum atomic E-state index is 0.545. The minimum absolute atomic E-state index is 0.545. The van der Waals surface area contributed by atoms with E-state index in [1.165, 1.54) is 44.9 Å². The number of hydrogen-bond acceptors (Lipinski definition) is 3. The Morgan fingerprint density at radius 2 is 1.70 bits per heavy atom. The predicted octanol–water partition coefficient (Wildman–Crippen LogP) is 2.93. The maximum atomic E-state index is 4.59. The van der Waals surface area contributed by atoms with Crippen LogP contribution in [0.25, 0.3) is 0 Å². The van der Waals surface area contributed by atoms with Crippen LogP contribution in [0.4, 0.5) is 0 Å². The summed E-state index contributed by atoms with van der Waals surface area (Å²) in [4.78, 5) is 4.59. The molecule has 1 aromatic heterocycles. The zero-order valence-electron chi connectivity index (χ0n) is 15.4. The highest BCUT2D eigenvalue weighted by Gasteiger charge is 2.04. The fourth-order valence-corrected chi connectivity index (χ4v) is 2.37. The van der Waals surface area contributed by atoms with E-state index in [0.29, 0.717) is 6.54 Å². The lowest BCUT2D eigenvalue weighted by Crippen LogP contribution is -2.37. The summed E-state index contributed by atoms with van der Waals surface area (Å²) in [5.41, 5.74) is 0. The van der Waals surface area contributed by atoms with Crippen LogP contribution in [0.3, 0.4) is 0 Å². The molecule has 0 saturated carbocycles. The number of aliphatic imine (C=N–C) groups is 1. The van der Waals surface area contributed by atoms with Crippen molar-refractivity contribution in [2.75, 3.05) is 13.1 Å². The topological polar surface area (TPSA) is 67.1 Å². The molecule has 0 atom stereocenters. The Labute approximate surface area is 141 Å². The number of nitrogens with one attached hydrogen (secondary N) is 2. The SMILES string of the molecule is CCCCCCCCCNC(=NCc1nnc(C)n1C)NCC. The zero-order chi connectivity index (χ0) is 16.9. The van der Waals surface area contributed by atoms with Gasteiger partial charge >= 0.3 is 0 Å². The number of guanidine groups is 1. The second kappa shape index (κ2) is 11.9. The molecule has 0 aliphatic carbocycles. The first kappa shape index (κ1) is 19.5. The molecule has 1 aromatic rings. The van der Waals surface area contributed by atoms with Gasteiger partial charge < -0.3 is 15.2 Å². The number of rotatable bonds is 11. The van der Waals surface area contributed by atoms with E-state index in [1.54, 1.807) is 0 Å². The highest BCUT2D eigenvalue weighted by molar-refractivity contribution is 5.79. The lowest BCUT2D eigenvalue weighted by atomic mass is 10.1. The molecule has 0 spiro atoms. The molecule has 0 fully saturated rings. The Balaban J connectivity index is 2.26. The number of nitrogens with zero attached hydrogens (tertiary/aromatic N) is 4. The third kappa shape index (κ3) is 8.00. The monoisotopic (exact) mass is 322 g/mol. The Kier molecular flexibility index (Phi) is 10.1. The quantitative estimate of drug-likeness (QED) is 0.373. The summed E-state index contributed by atoms with van der Waals surface area (Å²) >= 11 is 0. The van der Waals surface area contributed by atoms with Gasteiger partial charge in [0, 0.05) is 20.1 Å². The van der Waals surface area contributed by atoms with Crippen molar-refractivity contribution in [1.82, 2.24) is 25.4 Å². The minimum Gasteiger partial charge on any atom is -0.357 e. The third-order valence-corrected chi connectivity index (χ3v) is 3.98. The van der Waals surface area contributed by atoms with Gasteiger partial charge in [0.25, 0.3) is 0 Å². The van der Waals surface area contributed by atoms with Crippen molar-refractivity contribution in [2.45, 2.75) is 72.3 Å². The molecule has 1 rings (SSSR count). The van der Waals surface area contributed by atoms with E-state index in [4.69, 9.17) is 0 Å². The summed E-state index contributed by atoms with van der Waals surface area (Å²) in [6.45, 7) is 8.66. The first-order valence-electron chi connectivity index (χ1n) is 9.06. The maximum Gasteiger partial charge on any atom is 0.191 e. The number of aryl methyl sites for hydroxylation is 1. The highest BCUT2D eigenvalue weighted by Crippen LogP contribution is 2.06. The highest BCUT2D eigenvalue weighted by atomic mass is 15.3. The second-order valence-electron chi connectivity index (χ2n) is 5.97. The van der Waals surface area contributed by atoms with Gasteiger partial charge in [-0.15, -0.1) is 10.2 Å². The van der Waals surface area contributed by atoms with E-state index in [0.717, 1.165) is 30.7 Å². The predicted molar refractivity (Wildman–Crippen MR) is 96.6 cm³/mol. The fourth-order valence-electron chi connectivity index (χ4n) is 2.37. The third-order valence-electron chi connectivity index (χ3n) is 3.98. The van der Waals surface area contributed by atoms with Gasteiger partial charge in [0.2, 0.25) is 0 Å². The molecule has 132 valence electrons. The molecule has 0 aromatic carbocycles. The van der Waals surface area contributed by atoms with Crippen molar-refractivity contribution in [2.24, 2.45) is 12.0 Å². The number of unbranched alkanes of at least 4 members (excludes halogenated alkanes) is 6. The summed E-state index contributed by atoms with van der Waals surface area (Å²) in [5.74, 6) is 2.66. The van der Waals surface area contributed by atoms with Crippen molar-refractivity contribution in [3.8, 4) is 0 Å². The summed E-state index contributed by atoms with van der Waals surface area (Å²) in [7, 11) is 1.97. The Hall–Kier alpha value is -1.59. The normalized spacial score (nSPS) is 11.7. The Morgan fingerprint density at radius 1 is 1.00 bits per heavy atom. The first-order valence-corrected chi connectivity index (χ1v) is 9.06. The zero-order valence-corrected chi connectivity index (χ0v) is 15.4. The molecule has 0 radical (unpaired) electrons. The van der Waals surface area contributed by atoms with Crippen LogP contribution in [0.2, 0.25) is 0 Å². The van der Waals surface area contributed by atoms with Gasteiger partial charge in [0.1, 0.15) is 12.4 Å². The van der Waals surface area contributed by atoms with E-state index in [2.05, 4.69) is 39.7 Å². The first-order chi connectivity index (χ1) is 11.2. The molecule has 0 aliphatic rings. The van der Waals surface area contributed by atoms with Crippen molar-refractivity contribution >= 4 is 5.96 Å². The van der Waals surface area contributed by atoms with Crippen molar-refractivity contribution in [1.29, 1.82) is 0 Å². The number of aromatic nitrogens is 3. The molecule has 0 aliphatic heterocycles. The lowest BCUT2D eigenvalue weighted by Gasteiger charge is -2.11. The van der Waals surface area contributed by atoms with Crippen LogP contribution in [-0.2, 0) is 13.6 Å². The van der Waals surface area contributed by atoms with Crippen LogP contribution in [-0.4, -0.2) is 33.8 Å². The van der Waals surface area contributed by atoms with E-state index >= 15 is 0 Å². The van der Waals surface area contributed by atoms with E-state index < -0.39 is 0 Å². The van der Waals surface area contributed by atoms with Gasteiger partial charge in [-0.2, -0.15) is 0 Å². The van der Waals surface area contributed by atoms with Crippen LogP contribution in [0, 0.1) is 6.92 Å². The van der Waals surface area contributed by atoms with Gasteiger partial charge in [0.15, 0.2) is 11.8 Å². The molecule has 2 N–H and O–H groups in total. The molecule has 1 heterocycles. The van der Waals surface area contributed by atoms with Crippen molar-refractivity contribution in [3.05, 3.63) is 11.6 Å². The molecular weight excluding hydrogens is 288 g/mol. The smallest absolute Gasteiger partial charge is 0.191 e. The standard InChI is InChI=1S/C17H34N6/c1-5-7-8-9-10-11-12-13-19-17(18-6-2)20-14-16-22-21-15(3)23(16)4/h5-14H2,1-4H3,(H2,18,19,20).